The van der Waals surface area contributed by atoms with E-state index < -0.39 is 0 Å². The SMILES string of the molecule is Cc1ccc2c(c1)nc(N)n2C(C)C(C)(C)C. The highest BCUT2D eigenvalue weighted by atomic mass is 15.2. The molecule has 0 fully saturated rings. The Morgan fingerprint density at radius 2 is 1.94 bits per heavy atom. The highest BCUT2D eigenvalue weighted by molar-refractivity contribution is 5.79. The van der Waals surface area contributed by atoms with Crippen molar-refractivity contribution in [3.63, 3.8) is 0 Å². The molecule has 3 heteroatoms. The normalized spacial score (nSPS) is 14.2. The van der Waals surface area contributed by atoms with Gasteiger partial charge in [0.25, 0.3) is 0 Å². The number of rotatable bonds is 1. The van der Waals surface area contributed by atoms with Gasteiger partial charge in [-0.15, -0.1) is 0 Å². The second kappa shape index (κ2) is 3.76. The number of aryl methyl sites for hydroxylation is 1. The standard InChI is InChI=1S/C14H21N3/c1-9-6-7-12-11(8-9)16-13(15)17(12)10(2)14(3,4)5/h6-8,10H,1-5H3,(H2,15,16). The van der Waals surface area contributed by atoms with Gasteiger partial charge in [-0.1, -0.05) is 26.8 Å². The Morgan fingerprint density at radius 1 is 1.29 bits per heavy atom. The van der Waals surface area contributed by atoms with Gasteiger partial charge in [0.05, 0.1) is 11.0 Å². The van der Waals surface area contributed by atoms with E-state index in [2.05, 4.69) is 62.4 Å². The number of hydrogen-bond acceptors (Lipinski definition) is 2. The smallest absolute Gasteiger partial charge is 0.201 e. The molecule has 0 saturated carbocycles. The molecule has 0 spiro atoms. The Labute approximate surface area is 103 Å². The lowest BCUT2D eigenvalue weighted by Crippen LogP contribution is -2.22. The van der Waals surface area contributed by atoms with Crippen molar-refractivity contribution in [2.45, 2.75) is 40.7 Å². The maximum Gasteiger partial charge on any atom is 0.201 e. The van der Waals surface area contributed by atoms with Crippen LogP contribution in [0.15, 0.2) is 18.2 Å². The van der Waals surface area contributed by atoms with E-state index in [-0.39, 0.29) is 5.41 Å². The quantitative estimate of drug-likeness (QED) is 0.816. The molecule has 1 heterocycles. The van der Waals surface area contributed by atoms with E-state index in [9.17, 15) is 0 Å². The molecule has 1 aromatic heterocycles. The number of nitrogens with zero attached hydrogens (tertiary/aromatic N) is 2. The summed E-state index contributed by atoms with van der Waals surface area (Å²) in [4.78, 5) is 4.45. The summed E-state index contributed by atoms with van der Waals surface area (Å²) in [6.07, 6.45) is 0. The molecule has 0 aliphatic heterocycles. The molecule has 92 valence electrons. The van der Waals surface area contributed by atoms with Crippen LogP contribution in [0.25, 0.3) is 11.0 Å². The van der Waals surface area contributed by atoms with Gasteiger partial charge in [-0.3, -0.25) is 0 Å². The Balaban J connectivity index is 2.65. The third-order valence-corrected chi connectivity index (χ3v) is 3.51. The fraction of sp³-hybridized carbons (Fsp3) is 0.500. The summed E-state index contributed by atoms with van der Waals surface area (Å²) >= 11 is 0. The fourth-order valence-corrected chi connectivity index (χ4v) is 2.02. The second-order valence-electron chi connectivity index (χ2n) is 5.87. The van der Waals surface area contributed by atoms with Crippen LogP contribution in [0, 0.1) is 12.3 Å². The average molecular weight is 231 g/mol. The maximum absolute atomic E-state index is 6.05. The van der Waals surface area contributed by atoms with Gasteiger partial charge in [0.15, 0.2) is 0 Å². The minimum atomic E-state index is 0.159. The third-order valence-electron chi connectivity index (χ3n) is 3.51. The number of aromatic nitrogens is 2. The molecule has 0 bridgehead atoms. The predicted octanol–water partition coefficient (Wildman–Crippen LogP) is 3.53. The average Bonchev–Trinajstić information content (AvgIpc) is 2.50. The molecule has 2 aromatic rings. The van der Waals surface area contributed by atoms with Gasteiger partial charge in [-0.25, -0.2) is 4.98 Å². The third kappa shape index (κ3) is 2.02. The van der Waals surface area contributed by atoms with E-state index in [0.717, 1.165) is 11.0 Å². The first-order chi connectivity index (χ1) is 7.80. The van der Waals surface area contributed by atoms with Crippen molar-refractivity contribution in [1.82, 2.24) is 9.55 Å². The largest absolute Gasteiger partial charge is 0.369 e. The zero-order chi connectivity index (χ0) is 12.8. The van der Waals surface area contributed by atoms with Crippen molar-refractivity contribution in [3.05, 3.63) is 23.8 Å². The van der Waals surface area contributed by atoms with Crippen LogP contribution in [-0.4, -0.2) is 9.55 Å². The van der Waals surface area contributed by atoms with Gasteiger partial charge in [0.2, 0.25) is 5.95 Å². The lowest BCUT2D eigenvalue weighted by atomic mass is 9.88. The van der Waals surface area contributed by atoms with Crippen molar-refractivity contribution in [3.8, 4) is 0 Å². The first-order valence-corrected chi connectivity index (χ1v) is 6.05. The van der Waals surface area contributed by atoms with Crippen LogP contribution < -0.4 is 5.73 Å². The molecule has 0 amide bonds. The molecule has 0 radical (unpaired) electrons. The molecule has 1 unspecified atom stereocenters. The number of imidazole rings is 1. The van der Waals surface area contributed by atoms with E-state index in [4.69, 9.17) is 5.73 Å². The Kier molecular flexibility index (Phi) is 2.64. The number of hydrogen-bond donors (Lipinski definition) is 1. The summed E-state index contributed by atoms with van der Waals surface area (Å²) in [5.74, 6) is 0.605. The molecule has 1 aromatic carbocycles. The molecule has 3 nitrogen and oxygen atoms in total. The lowest BCUT2D eigenvalue weighted by Gasteiger charge is -2.29. The number of nitrogen functional groups attached to an aromatic ring is 1. The lowest BCUT2D eigenvalue weighted by molar-refractivity contribution is 0.270. The van der Waals surface area contributed by atoms with Crippen molar-refractivity contribution in [2.75, 3.05) is 5.73 Å². The van der Waals surface area contributed by atoms with Gasteiger partial charge >= 0.3 is 0 Å². The predicted molar refractivity (Wildman–Crippen MR) is 73.0 cm³/mol. The van der Waals surface area contributed by atoms with Crippen LogP contribution in [-0.2, 0) is 0 Å². The number of fused-ring (bicyclic) bond motifs is 1. The summed E-state index contributed by atoms with van der Waals surface area (Å²) in [6.45, 7) is 10.9. The Hall–Kier alpha value is -1.51. The van der Waals surface area contributed by atoms with Crippen LogP contribution >= 0.6 is 0 Å². The number of benzene rings is 1. The molecule has 1 atom stereocenters. The second-order valence-corrected chi connectivity index (χ2v) is 5.87. The number of anilines is 1. The molecule has 0 aliphatic carbocycles. The van der Waals surface area contributed by atoms with Gasteiger partial charge in [-0.2, -0.15) is 0 Å². The molecule has 2 rings (SSSR count). The van der Waals surface area contributed by atoms with Crippen molar-refractivity contribution >= 4 is 17.0 Å². The van der Waals surface area contributed by atoms with Crippen LogP contribution in [0.4, 0.5) is 5.95 Å². The van der Waals surface area contributed by atoms with Crippen molar-refractivity contribution in [1.29, 1.82) is 0 Å². The molecule has 2 N–H and O–H groups in total. The van der Waals surface area contributed by atoms with E-state index in [1.807, 2.05) is 0 Å². The van der Waals surface area contributed by atoms with E-state index in [1.54, 1.807) is 0 Å². The minimum Gasteiger partial charge on any atom is -0.369 e. The minimum absolute atomic E-state index is 0.159. The summed E-state index contributed by atoms with van der Waals surface area (Å²) in [7, 11) is 0. The first-order valence-electron chi connectivity index (χ1n) is 6.05. The highest BCUT2D eigenvalue weighted by Crippen LogP contribution is 2.34. The van der Waals surface area contributed by atoms with Gasteiger partial charge in [0, 0.05) is 6.04 Å². The molecular weight excluding hydrogens is 210 g/mol. The van der Waals surface area contributed by atoms with Crippen molar-refractivity contribution in [2.24, 2.45) is 5.41 Å². The van der Waals surface area contributed by atoms with Crippen LogP contribution in [0.1, 0.15) is 39.3 Å². The van der Waals surface area contributed by atoms with Gasteiger partial charge in [0.1, 0.15) is 0 Å². The van der Waals surface area contributed by atoms with Crippen LogP contribution in [0.3, 0.4) is 0 Å². The maximum atomic E-state index is 6.05. The topological polar surface area (TPSA) is 43.8 Å². The summed E-state index contributed by atoms with van der Waals surface area (Å²) < 4.78 is 2.13. The van der Waals surface area contributed by atoms with Crippen LogP contribution in [0.5, 0.6) is 0 Å². The van der Waals surface area contributed by atoms with Crippen molar-refractivity contribution < 1.29 is 0 Å². The summed E-state index contributed by atoms with van der Waals surface area (Å²) in [5.41, 5.74) is 9.53. The number of nitrogens with two attached hydrogens (primary N) is 1. The molecular formula is C14H21N3. The first kappa shape index (κ1) is 12.0. The fourth-order valence-electron chi connectivity index (χ4n) is 2.02. The summed E-state index contributed by atoms with van der Waals surface area (Å²) in [5, 5.41) is 0. The molecule has 0 saturated heterocycles. The van der Waals surface area contributed by atoms with E-state index in [1.165, 1.54) is 5.56 Å². The Bertz CT molecular complexity index is 546. The zero-order valence-electron chi connectivity index (χ0n) is 11.3. The molecule has 17 heavy (non-hydrogen) atoms. The monoisotopic (exact) mass is 231 g/mol. The van der Waals surface area contributed by atoms with Crippen LogP contribution in [0.2, 0.25) is 0 Å². The van der Waals surface area contributed by atoms with E-state index in [0.29, 0.717) is 12.0 Å². The molecule has 0 aliphatic rings. The summed E-state index contributed by atoms with van der Waals surface area (Å²) in [6, 6.07) is 6.61. The zero-order valence-corrected chi connectivity index (χ0v) is 11.3. The van der Waals surface area contributed by atoms with Gasteiger partial charge < -0.3 is 10.3 Å². The Morgan fingerprint density at radius 3 is 2.53 bits per heavy atom. The van der Waals surface area contributed by atoms with E-state index >= 15 is 0 Å². The highest BCUT2D eigenvalue weighted by Gasteiger charge is 2.25. The van der Waals surface area contributed by atoms with Gasteiger partial charge in [-0.05, 0) is 37.0 Å².